The van der Waals surface area contributed by atoms with E-state index in [0.29, 0.717) is 5.88 Å². The molecule has 0 spiro atoms. The Bertz CT molecular complexity index is 703. The van der Waals surface area contributed by atoms with Crippen molar-refractivity contribution in [1.29, 1.82) is 0 Å². The molecule has 0 aliphatic rings. The number of alkyl halides is 1. The van der Waals surface area contributed by atoms with Gasteiger partial charge in [0.05, 0.1) is 0 Å². The quantitative estimate of drug-likeness (QED) is 0.671. The van der Waals surface area contributed by atoms with E-state index >= 15 is 0 Å². The zero-order valence-electron chi connectivity index (χ0n) is 11.3. The first-order valence-corrected chi connectivity index (χ1v) is 8.14. The van der Waals surface area contributed by atoms with Crippen LogP contribution in [0.1, 0.15) is 17.0 Å². The number of rotatable bonds is 5. The van der Waals surface area contributed by atoms with Crippen LogP contribution in [0.5, 0.6) is 0 Å². The largest absolute Gasteiger partial charge is 0.312 e. The summed E-state index contributed by atoms with van der Waals surface area (Å²) in [6.07, 6.45) is 3.68. The fraction of sp³-hybridized carbons (Fsp3) is 0.333. The number of imidazole rings is 1. The molecule has 0 bridgehead atoms. The van der Waals surface area contributed by atoms with Gasteiger partial charge in [-0.1, -0.05) is 0 Å². The minimum absolute atomic E-state index is 0.584. The van der Waals surface area contributed by atoms with Crippen molar-refractivity contribution in [3.05, 3.63) is 46.0 Å². The second kappa shape index (κ2) is 5.94. The molecule has 5 heteroatoms. The maximum atomic E-state index is 5.89. The molecule has 0 fully saturated rings. The van der Waals surface area contributed by atoms with Gasteiger partial charge >= 0.3 is 0 Å². The van der Waals surface area contributed by atoms with Gasteiger partial charge in [0, 0.05) is 25.0 Å². The van der Waals surface area contributed by atoms with Crippen LogP contribution in [-0.4, -0.2) is 20.4 Å². The second-order valence-corrected chi connectivity index (χ2v) is 6.01. The topological polar surface area (TPSA) is 30.7 Å². The van der Waals surface area contributed by atoms with E-state index in [-0.39, 0.29) is 0 Å². The molecule has 0 unspecified atom stereocenters. The molecule has 3 aromatic heterocycles. The van der Waals surface area contributed by atoms with Crippen LogP contribution in [0, 0.1) is 6.92 Å². The molecular formula is C15H16ClN3S. The number of aromatic nitrogens is 3. The molecule has 0 atom stereocenters. The minimum Gasteiger partial charge on any atom is -0.312 e. The Hall–Kier alpha value is -1.39. The highest BCUT2D eigenvalue weighted by Gasteiger charge is 2.11. The Morgan fingerprint density at radius 2 is 2.25 bits per heavy atom. The molecule has 0 aliphatic carbocycles. The molecule has 104 valence electrons. The molecule has 0 radical (unpaired) electrons. The van der Waals surface area contributed by atoms with E-state index in [1.54, 1.807) is 11.3 Å². The number of fused-ring (bicyclic) bond motifs is 1. The maximum absolute atomic E-state index is 5.89. The van der Waals surface area contributed by atoms with E-state index in [1.807, 2.05) is 13.1 Å². The van der Waals surface area contributed by atoms with E-state index in [1.165, 1.54) is 5.56 Å². The van der Waals surface area contributed by atoms with Gasteiger partial charge in [0.25, 0.3) is 0 Å². The molecule has 3 heterocycles. The van der Waals surface area contributed by atoms with Crippen molar-refractivity contribution < 1.29 is 0 Å². The van der Waals surface area contributed by atoms with Gasteiger partial charge in [-0.05, 0) is 47.4 Å². The smallest absolute Gasteiger partial charge is 0.160 e. The summed E-state index contributed by atoms with van der Waals surface area (Å²) in [4.78, 5) is 9.23. The Kier molecular flexibility index (Phi) is 4.03. The molecule has 0 aliphatic heterocycles. The predicted molar refractivity (Wildman–Crippen MR) is 84.7 cm³/mol. The lowest BCUT2D eigenvalue weighted by molar-refractivity contribution is 0.670. The summed E-state index contributed by atoms with van der Waals surface area (Å²) in [6, 6.07) is 4.25. The number of hydrogen-bond donors (Lipinski definition) is 0. The zero-order chi connectivity index (χ0) is 13.9. The number of hydrogen-bond acceptors (Lipinski definition) is 3. The lowest BCUT2D eigenvalue weighted by atomic mass is 10.2. The highest BCUT2D eigenvalue weighted by atomic mass is 35.5. The Morgan fingerprint density at radius 1 is 1.35 bits per heavy atom. The van der Waals surface area contributed by atoms with Gasteiger partial charge in [0.2, 0.25) is 0 Å². The summed E-state index contributed by atoms with van der Waals surface area (Å²) in [5, 5.41) is 4.31. The van der Waals surface area contributed by atoms with Crippen LogP contribution in [-0.2, 0) is 19.4 Å². The number of nitrogens with zero attached hydrogens (tertiary/aromatic N) is 3. The van der Waals surface area contributed by atoms with Crippen LogP contribution in [0.3, 0.4) is 0 Å². The zero-order valence-corrected chi connectivity index (χ0v) is 12.9. The van der Waals surface area contributed by atoms with Gasteiger partial charge in [-0.25, -0.2) is 9.97 Å². The molecule has 3 rings (SSSR count). The third-order valence-corrected chi connectivity index (χ3v) is 4.24. The van der Waals surface area contributed by atoms with Gasteiger partial charge in [0.15, 0.2) is 5.65 Å². The van der Waals surface area contributed by atoms with E-state index in [9.17, 15) is 0 Å². The number of thiophene rings is 1. The molecule has 0 saturated heterocycles. The molecule has 3 aromatic rings. The number of pyridine rings is 1. The Balaban J connectivity index is 1.95. The van der Waals surface area contributed by atoms with Crippen molar-refractivity contribution in [1.82, 2.24) is 14.5 Å². The Morgan fingerprint density at radius 3 is 3.00 bits per heavy atom. The van der Waals surface area contributed by atoms with Crippen LogP contribution in [0.4, 0.5) is 0 Å². The van der Waals surface area contributed by atoms with Gasteiger partial charge in [-0.2, -0.15) is 11.3 Å². The van der Waals surface area contributed by atoms with Gasteiger partial charge in [-0.3, -0.25) is 0 Å². The first-order valence-electron chi connectivity index (χ1n) is 6.66. The van der Waals surface area contributed by atoms with E-state index in [2.05, 4.69) is 37.4 Å². The van der Waals surface area contributed by atoms with Gasteiger partial charge < -0.3 is 4.57 Å². The molecule has 0 aromatic carbocycles. The average molecular weight is 306 g/mol. The normalized spacial score (nSPS) is 11.3. The molecule has 3 nitrogen and oxygen atoms in total. The summed E-state index contributed by atoms with van der Waals surface area (Å²) >= 11 is 7.63. The predicted octanol–water partition coefficient (Wildman–Crippen LogP) is 3.83. The van der Waals surface area contributed by atoms with Gasteiger partial charge in [-0.15, -0.1) is 11.6 Å². The molecule has 0 saturated carbocycles. The minimum atomic E-state index is 0.584. The summed E-state index contributed by atoms with van der Waals surface area (Å²) in [5.41, 5.74) is 4.43. The molecule has 0 N–H and O–H groups in total. The van der Waals surface area contributed by atoms with E-state index < -0.39 is 0 Å². The number of aryl methyl sites for hydroxylation is 4. The molecule has 20 heavy (non-hydrogen) atoms. The number of halogens is 1. The van der Waals surface area contributed by atoms with Crippen LogP contribution in [0.15, 0.2) is 29.1 Å². The lowest BCUT2D eigenvalue weighted by Gasteiger charge is -2.07. The summed E-state index contributed by atoms with van der Waals surface area (Å²) < 4.78 is 2.20. The highest BCUT2D eigenvalue weighted by Crippen LogP contribution is 2.17. The third kappa shape index (κ3) is 2.72. The van der Waals surface area contributed by atoms with Crippen molar-refractivity contribution in [2.75, 3.05) is 5.88 Å². The van der Waals surface area contributed by atoms with Crippen LogP contribution < -0.4 is 0 Å². The van der Waals surface area contributed by atoms with Gasteiger partial charge in [0.1, 0.15) is 11.3 Å². The summed E-state index contributed by atoms with van der Waals surface area (Å²) in [6.45, 7) is 2.94. The fourth-order valence-electron chi connectivity index (χ4n) is 2.34. The third-order valence-electron chi connectivity index (χ3n) is 3.32. The maximum Gasteiger partial charge on any atom is 0.160 e. The second-order valence-electron chi connectivity index (χ2n) is 4.86. The van der Waals surface area contributed by atoms with E-state index in [4.69, 9.17) is 11.6 Å². The van der Waals surface area contributed by atoms with Crippen molar-refractivity contribution in [3.8, 4) is 0 Å². The summed E-state index contributed by atoms with van der Waals surface area (Å²) in [7, 11) is 0. The fourth-order valence-corrected chi connectivity index (χ4v) is 3.22. The van der Waals surface area contributed by atoms with Crippen molar-refractivity contribution in [2.24, 2.45) is 0 Å². The average Bonchev–Trinajstić information content (AvgIpc) is 3.04. The SMILES string of the molecule is Cc1cnc2c(c1)nc(CCCl)n2CCc1ccsc1. The standard InChI is InChI=1S/C15H16ClN3S/c1-11-8-13-15(17-9-11)19(14(18-13)2-5-16)6-3-12-4-7-20-10-12/h4,7-10H,2-3,5-6H2,1H3. The van der Waals surface area contributed by atoms with Crippen molar-refractivity contribution in [2.45, 2.75) is 26.3 Å². The highest BCUT2D eigenvalue weighted by molar-refractivity contribution is 7.07. The first kappa shape index (κ1) is 13.6. The van der Waals surface area contributed by atoms with Crippen LogP contribution >= 0.6 is 22.9 Å². The van der Waals surface area contributed by atoms with Crippen LogP contribution in [0.2, 0.25) is 0 Å². The molecular weight excluding hydrogens is 290 g/mol. The van der Waals surface area contributed by atoms with Crippen molar-refractivity contribution in [3.63, 3.8) is 0 Å². The Labute approximate surface area is 127 Å². The van der Waals surface area contributed by atoms with Crippen molar-refractivity contribution >= 4 is 34.1 Å². The molecule has 0 amide bonds. The lowest BCUT2D eigenvalue weighted by Crippen LogP contribution is -2.07. The van der Waals surface area contributed by atoms with Crippen LogP contribution in [0.25, 0.3) is 11.2 Å². The monoisotopic (exact) mass is 305 g/mol. The van der Waals surface area contributed by atoms with E-state index in [0.717, 1.165) is 41.9 Å². The summed E-state index contributed by atoms with van der Waals surface area (Å²) in [5.74, 6) is 1.61. The first-order chi connectivity index (χ1) is 9.78.